The first-order chi connectivity index (χ1) is 36.2. The molecule has 2 nitrogen and oxygen atoms in total. The van der Waals surface area contributed by atoms with E-state index in [0.717, 1.165) is 17.4 Å². The molecule has 0 N–H and O–H groups in total. The van der Waals surface area contributed by atoms with Crippen LogP contribution in [-0.2, 0) is 10.8 Å². The second-order valence-corrected chi connectivity index (χ2v) is 24.9. The number of hydrogen-bond donors (Lipinski definition) is 0. The molecule has 9 aromatic carbocycles. The van der Waals surface area contributed by atoms with Gasteiger partial charge >= 0.3 is 0 Å². The highest BCUT2D eigenvalue weighted by Gasteiger charge is 2.47. The van der Waals surface area contributed by atoms with Crippen molar-refractivity contribution in [2.45, 2.75) is 94.3 Å². The van der Waals surface area contributed by atoms with Crippen LogP contribution in [0.2, 0.25) is 0 Å². The van der Waals surface area contributed by atoms with Gasteiger partial charge in [-0.25, -0.2) is 0 Å². The van der Waals surface area contributed by atoms with E-state index in [0.29, 0.717) is 11.8 Å². The van der Waals surface area contributed by atoms with Crippen molar-refractivity contribution in [3.63, 3.8) is 0 Å². The van der Waals surface area contributed by atoms with Gasteiger partial charge < -0.3 is 4.40 Å². The fourth-order valence-electron chi connectivity index (χ4n) is 18.4. The molecule has 20 rings (SSSR count). The van der Waals surface area contributed by atoms with Gasteiger partial charge in [0.05, 0.1) is 28.2 Å². The summed E-state index contributed by atoms with van der Waals surface area (Å²) in [6.07, 6.45) is 6.26. The predicted molar refractivity (Wildman–Crippen MR) is 302 cm³/mol. The van der Waals surface area contributed by atoms with Crippen LogP contribution >= 0.6 is 0 Å². The molecule has 0 radical (unpaired) electrons. The van der Waals surface area contributed by atoms with E-state index in [1.807, 2.05) is 0 Å². The standard InChI is InChI=1S/C72H54N2/c1-71(2)57-25-11-9-15-42(57)48-21-13-23-50(68(48)71)52-33-53(51-24-14-22-49-43-16-10-12-26-58(43)72(3,4)69(49)51)66-67-60(32-41(36-73)61-39-28-37-27-38(29-39)31-40(30-37)62(61)67)74-59-35-55-54(34-56(59)65(52)70(66)74)63-44-17-5-7-19-46(44)64(55)47-20-8-6-18-45(47)63/h5-26,32-35,37-40,63-64H,27-31H2,1-4H3. The average molecular weight is 947 g/mol. The zero-order valence-corrected chi connectivity index (χ0v) is 42.4. The van der Waals surface area contributed by atoms with Crippen LogP contribution in [-0.4, -0.2) is 4.40 Å². The molecule has 352 valence electrons. The number of nitriles is 1. The Balaban J connectivity index is 1.07. The lowest BCUT2D eigenvalue weighted by Gasteiger charge is -2.42. The molecular formula is C72H54N2. The zero-order chi connectivity index (χ0) is 48.8. The summed E-state index contributed by atoms with van der Waals surface area (Å²) >= 11 is 0. The number of nitrogens with zero attached hydrogens (tertiary/aromatic N) is 2. The smallest absolute Gasteiger partial charge is 0.0995 e. The number of hydrogen-bond acceptors (Lipinski definition) is 1. The van der Waals surface area contributed by atoms with Crippen molar-refractivity contribution in [3.05, 3.63) is 230 Å². The van der Waals surface area contributed by atoms with Crippen LogP contribution in [0.3, 0.4) is 0 Å². The lowest BCUT2D eigenvalue weighted by atomic mass is 9.61. The predicted octanol–water partition coefficient (Wildman–Crippen LogP) is 18.0. The largest absolute Gasteiger partial charge is 0.308 e. The van der Waals surface area contributed by atoms with Crippen molar-refractivity contribution < 1.29 is 0 Å². The molecular weight excluding hydrogens is 893 g/mol. The first-order valence-corrected chi connectivity index (χ1v) is 27.6. The fraction of sp³-hybridized carbons (Fsp3) is 0.236. The van der Waals surface area contributed by atoms with Crippen molar-refractivity contribution in [2.24, 2.45) is 11.8 Å². The van der Waals surface area contributed by atoms with E-state index < -0.39 is 0 Å². The van der Waals surface area contributed by atoms with Crippen LogP contribution in [0.4, 0.5) is 0 Å². The van der Waals surface area contributed by atoms with Gasteiger partial charge in [-0.05, 0) is 191 Å². The Hall–Kier alpha value is -7.73. The fourth-order valence-corrected chi connectivity index (χ4v) is 18.4. The van der Waals surface area contributed by atoms with E-state index in [1.54, 1.807) is 0 Å². The van der Waals surface area contributed by atoms with Crippen molar-refractivity contribution in [1.82, 2.24) is 4.40 Å². The summed E-state index contributed by atoms with van der Waals surface area (Å²) in [6.45, 7) is 9.84. The van der Waals surface area contributed by atoms with Gasteiger partial charge in [-0.2, -0.15) is 5.26 Å². The molecule has 0 spiro atoms. The van der Waals surface area contributed by atoms with Crippen molar-refractivity contribution in [3.8, 4) is 50.6 Å². The van der Waals surface area contributed by atoms with Gasteiger partial charge in [-0.3, -0.25) is 0 Å². The average Bonchev–Trinajstić information content (AvgIpc) is 4.08. The molecule has 9 aliphatic rings. The molecule has 2 unspecified atom stereocenters. The second kappa shape index (κ2) is 13.5. The maximum Gasteiger partial charge on any atom is 0.0995 e. The van der Waals surface area contributed by atoms with Crippen LogP contribution in [0.1, 0.15) is 156 Å². The van der Waals surface area contributed by atoms with Crippen LogP contribution in [0, 0.1) is 23.2 Å². The molecule has 0 saturated heterocycles. The monoisotopic (exact) mass is 946 g/mol. The number of fused-ring (bicyclic) bond motifs is 12. The van der Waals surface area contributed by atoms with Gasteiger partial charge in [-0.1, -0.05) is 161 Å². The minimum absolute atomic E-state index is 0.146. The molecule has 2 fully saturated rings. The van der Waals surface area contributed by atoms with Crippen LogP contribution in [0.5, 0.6) is 0 Å². The second-order valence-electron chi connectivity index (χ2n) is 24.9. The molecule has 74 heavy (non-hydrogen) atoms. The maximum atomic E-state index is 11.5. The first-order valence-electron chi connectivity index (χ1n) is 27.6. The topological polar surface area (TPSA) is 28.2 Å². The highest BCUT2D eigenvalue weighted by Crippen LogP contribution is 2.64. The van der Waals surface area contributed by atoms with E-state index in [1.165, 1.54) is 181 Å². The normalized spacial score (nSPS) is 23.1. The van der Waals surface area contributed by atoms with Crippen molar-refractivity contribution in [1.29, 1.82) is 5.26 Å². The molecule has 2 heterocycles. The summed E-state index contributed by atoms with van der Waals surface area (Å²) in [6, 6.07) is 64.5. The zero-order valence-electron chi connectivity index (χ0n) is 42.4. The summed E-state index contributed by atoms with van der Waals surface area (Å²) in [4.78, 5) is 0. The Kier molecular flexibility index (Phi) is 7.43. The van der Waals surface area contributed by atoms with E-state index in [-0.39, 0.29) is 22.7 Å². The molecule has 11 aromatic rings. The third-order valence-corrected chi connectivity index (χ3v) is 20.8. The van der Waals surface area contributed by atoms with Crippen molar-refractivity contribution >= 4 is 38.1 Å². The summed E-state index contributed by atoms with van der Waals surface area (Å²) in [5.41, 5.74) is 32.2. The SMILES string of the molecule is CC1(C)c2ccccc2-c2cccc(-c3cc(-c4cccc5c4C(C)(C)c4ccccc4-5)c4c5c6c(c(C#N)cc5n5c7cc8c(cc7c3c45)C3c4ccccc4C8c4ccccc43)C3CC4CC(C3)CC6C4)c21. The Morgan fingerprint density at radius 1 is 0.419 bits per heavy atom. The number of rotatable bonds is 2. The summed E-state index contributed by atoms with van der Waals surface area (Å²) in [7, 11) is 0. The molecule has 2 aromatic heterocycles. The van der Waals surface area contributed by atoms with Crippen LogP contribution in [0.15, 0.2) is 158 Å². The Morgan fingerprint density at radius 2 is 0.878 bits per heavy atom. The van der Waals surface area contributed by atoms with Gasteiger partial charge in [-0.15, -0.1) is 0 Å². The molecule has 0 aliphatic heterocycles. The third kappa shape index (κ3) is 4.69. The Labute approximate surface area is 432 Å². The molecule has 0 amide bonds. The van der Waals surface area contributed by atoms with Gasteiger partial charge in [0.1, 0.15) is 0 Å². The Bertz CT molecular complexity index is 4410. The van der Waals surface area contributed by atoms with E-state index in [9.17, 15) is 5.26 Å². The molecule has 9 aliphatic carbocycles. The lowest BCUT2D eigenvalue weighted by Crippen LogP contribution is -2.27. The first kappa shape index (κ1) is 40.7. The Morgan fingerprint density at radius 3 is 1.42 bits per heavy atom. The van der Waals surface area contributed by atoms with Gasteiger partial charge in [0.2, 0.25) is 0 Å². The van der Waals surface area contributed by atoms with E-state index >= 15 is 0 Å². The van der Waals surface area contributed by atoms with Crippen LogP contribution in [0.25, 0.3) is 82.6 Å². The van der Waals surface area contributed by atoms with E-state index in [4.69, 9.17) is 0 Å². The van der Waals surface area contributed by atoms with Gasteiger partial charge in [0, 0.05) is 44.2 Å². The van der Waals surface area contributed by atoms with Crippen molar-refractivity contribution in [2.75, 3.05) is 0 Å². The molecule has 2 heteroatoms. The maximum absolute atomic E-state index is 11.5. The number of benzene rings is 9. The van der Waals surface area contributed by atoms with Gasteiger partial charge in [0.25, 0.3) is 0 Å². The highest BCUT2D eigenvalue weighted by atomic mass is 14.9. The lowest BCUT2D eigenvalue weighted by molar-refractivity contribution is 0.166. The van der Waals surface area contributed by atoms with E-state index in [2.05, 4.69) is 196 Å². The third-order valence-electron chi connectivity index (χ3n) is 20.8. The molecule has 6 bridgehead atoms. The number of aromatic nitrogens is 1. The molecule has 2 saturated carbocycles. The summed E-state index contributed by atoms with van der Waals surface area (Å²) in [5, 5.41) is 17.0. The highest BCUT2D eigenvalue weighted by molar-refractivity contribution is 6.32. The summed E-state index contributed by atoms with van der Waals surface area (Å²) in [5.74, 6) is 2.63. The van der Waals surface area contributed by atoms with Gasteiger partial charge in [0.15, 0.2) is 0 Å². The minimum atomic E-state index is -0.226. The molecule has 2 atom stereocenters. The van der Waals surface area contributed by atoms with Crippen LogP contribution < -0.4 is 0 Å². The summed E-state index contributed by atoms with van der Waals surface area (Å²) < 4.78 is 2.71. The quantitative estimate of drug-likeness (QED) is 0.170. The minimum Gasteiger partial charge on any atom is -0.308 e.